The molecule has 3 aromatic carbocycles. The van der Waals surface area contributed by atoms with Crippen molar-refractivity contribution in [1.82, 2.24) is 0 Å². The summed E-state index contributed by atoms with van der Waals surface area (Å²) >= 11 is 6.08. The van der Waals surface area contributed by atoms with Crippen LogP contribution in [0.15, 0.2) is 72.3 Å². The fourth-order valence-electron chi connectivity index (χ4n) is 3.25. The average Bonchev–Trinajstić information content (AvgIpc) is 2.88. The summed E-state index contributed by atoms with van der Waals surface area (Å²) in [5.41, 5.74) is 2.39. The van der Waals surface area contributed by atoms with Crippen LogP contribution in [0, 0.1) is 5.82 Å². The Morgan fingerprint density at radius 1 is 1.07 bits per heavy atom. The van der Waals surface area contributed by atoms with E-state index < -0.39 is 5.82 Å². The van der Waals surface area contributed by atoms with Crippen molar-refractivity contribution >= 4 is 35.1 Å². The number of hydrogen-bond donors (Lipinski definition) is 1. The Kier molecular flexibility index (Phi) is 5.63. The Balaban J connectivity index is 1.59. The lowest BCUT2D eigenvalue weighted by Gasteiger charge is -2.08. The molecular weight excluding hydrogens is 405 g/mol. The summed E-state index contributed by atoms with van der Waals surface area (Å²) in [6.45, 7) is 0.319. The van der Waals surface area contributed by atoms with E-state index in [1.807, 2.05) is 6.07 Å². The molecule has 0 bridgehead atoms. The van der Waals surface area contributed by atoms with E-state index in [0.29, 0.717) is 40.6 Å². The van der Waals surface area contributed by atoms with Gasteiger partial charge in [-0.05, 0) is 54.1 Å². The van der Waals surface area contributed by atoms with Gasteiger partial charge in [0, 0.05) is 17.7 Å². The van der Waals surface area contributed by atoms with E-state index in [1.54, 1.807) is 48.5 Å². The van der Waals surface area contributed by atoms with Gasteiger partial charge in [-0.15, -0.1) is 0 Å². The van der Waals surface area contributed by atoms with Gasteiger partial charge in [-0.25, -0.2) is 4.39 Å². The molecule has 1 N–H and O–H groups in total. The second kappa shape index (κ2) is 8.51. The number of rotatable bonds is 3. The van der Waals surface area contributed by atoms with Crippen LogP contribution in [-0.2, 0) is 0 Å². The van der Waals surface area contributed by atoms with E-state index in [9.17, 15) is 14.0 Å². The third-order valence-corrected chi connectivity index (χ3v) is 5.04. The summed E-state index contributed by atoms with van der Waals surface area (Å²) in [4.78, 5) is 25.4. The molecule has 4 rings (SSSR count). The maximum Gasteiger partial charge on any atom is 0.257 e. The molecule has 0 saturated heterocycles. The van der Waals surface area contributed by atoms with Crippen LogP contribution >= 0.6 is 11.6 Å². The maximum absolute atomic E-state index is 13.6. The van der Waals surface area contributed by atoms with Crippen LogP contribution in [0.3, 0.4) is 0 Å². The molecule has 0 aromatic heterocycles. The van der Waals surface area contributed by atoms with Gasteiger partial charge in [0.2, 0.25) is 0 Å². The number of carbonyl (C=O) groups is 2. The Labute approximate surface area is 177 Å². The van der Waals surface area contributed by atoms with Crippen molar-refractivity contribution in [2.24, 2.45) is 0 Å². The van der Waals surface area contributed by atoms with Gasteiger partial charge in [0.05, 0.1) is 22.8 Å². The van der Waals surface area contributed by atoms with Gasteiger partial charge >= 0.3 is 0 Å². The summed E-state index contributed by atoms with van der Waals surface area (Å²) in [6, 6.07) is 17.8. The van der Waals surface area contributed by atoms with Gasteiger partial charge in [0.15, 0.2) is 5.78 Å². The highest BCUT2D eigenvalue weighted by atomic mass is 35.5. The van der Waals surface area contributed by atoms with Crippen LogP contribution in [0.25, 0.3) is 6.08 Å². The molecule has 1 amide bonds. The molecular formula is C24H17ClFNO3. The molecule has 1 aliphatic heterocycles. The molecule has 0 saturated carbocycles. The third kappa shape index (κ3) is 4.26. The molecule has 30 heavy (non-hydrogen) atoms. The highest BCUT2D eigenvalue weighted by molar-refractivity contribution is 6.34. The van der Waals surface area contributed by atoms with Gasteiger partial charge in [-0.2, -0.15) is 0 Å². The minimum Gasteiger partial charge on any atom is -0.492 e. The van der Waals surface area contributed by atoms with Crippen LogP contribution in [0.2, 0.25) is 5.02 Å². The molecule has 0 fully saturated rings. The predicted molar refractivity (Wildman–Crippen MR) is 115 cm³/mol. The fourth-order valence-corrected chi connectivity index (χ4v) is 3.47. The Bertz CT molecular complexity index is 1170. The third-order valence-electron chi connectivity index (χ3n) is 4.71. The number of anilines is 1. The first-order chi connectivity index (χ1) is 14.5. The molecule has 0 spiro atoms. The van der Waals surface area contributed by atoms with Crippen LogP contribution < -0.4 is 10.1 Å². The molecule has 1 heterocycles. The lowest BCUT2D eigenvalue weighted by atomic mass is 9.99. The number of nitrogens with one attached hydrogen (secondary N) is 1. The van der Waals surface area contributed by atoms with Gasteiger partial charge in [-0.1, -0.05) is 35.9 Å². The number of ether oxygens (including phenoxy) is 1. The molecule has 0 aliphatic carbocycles. The van der Waals surface area contributed by atoms with E-state index >= 15 is 0 Å². The maximum atomic E-state index is 13.6. The highest BCUT2D eigenvalue weighted by Gasteiger charge is 2.22. The van der Waals surface area contributed by atoms with Gasteiger partial charge in [0.1, 0.15) is 11.6 Å². The standard InChI is InChI=1S/C24H17ClFNO3/c25-21-7-2-1-6-19(21)24(29)27-18-5-3-4-15(13-18)12-16-10-11-30-22-9-8-17(26)14-20(22)23(16)28/h1-9,12-14H,10-11H2,(H,27,29)/b16-12+. The van der Waals surface area contributed by atoms with Crippen molar-refractivity contribution in [2.75, 3.05) is 11.9 Å². The number of carbonyl (C=O) groups excluding carboxylic acids is 2. The Morgan fingerprint density at radius 2 is 1.90 bits per heavy atom. The molecule has 6 heteroatoms. The van der Waals surface area contributed by atoms with E-state index in [2.05, 4.69) is 5.32 Å². The number of Topliss-reactive ketones (excluding diaryl/α,β-unsaturated/α-hetero) is 1. The van der Waals surface area contributed by atoms with Crippen molar-refractivity contribution in [2.45, 2.75) is 6.42 Å². The summed E-state index contributed by atoms with van der Waals surface area (Å²) < 4.78 is 19.2. The first-order valence-electron chi connectivity index (χ1n) is 9.35. The smallest absolute Gasteiger partial charge is 0.257 e. The van der Waals surface area contributed by atoms with Crippen molar-refractivity contribution in [3.8, 4) is 5.75 Å². The summed E-state index contributed by atoms with van der Waals surface area (Å²) in [7, 11) is 0. The van der Waals surface area contributed by atoms with E-state index in [4.69, 9.17) is 16.3 Å². The van der Waals surface area contributed by atoms with Gasteiger partial charge in [0.25, 0.3) is 5.91 Å². The minimum atomic E-state index is -0.490. The zero-order valence-electron chi connectivity index (χ0n) is 15.8. The first kappa shape index (κ1) is 19.9. The van der Waals surface area contributed by atoms with E-state index in [1.165, 1.54) is 18.2 Å². The SMILES string of the molecule is O=C(Nc1cccc(/C=C2\CCOc3ccc(F)cc3C2=O)c1)c1ccccc1Cl. The number of amides is 1. The second-order valence-corrected chi connectivity index (χ2v) is 7.20. The zero-order chi connectivity index (χ0) is 21.1. The van der Waals surface area contributed by atoms with Crippen LogP contribution in [0.5, 0.6) is 5.75 Å². The van der Waals surface area contributed by atoms with Crippen molar-refractivity contribution < 1.29 is 18.7 Å². The van der Waals surface area contributed by atoms with Gasteiger partial charge in [-0.3, -0.25) is 9.59 Å². The predicted octanol–water partition coefficient (Wildman–Crippen LogP) is 5.78. The molecule has 0 radical (unpaired) electrons. The Morgan fingerprint density at radius 3 is 2.73 bits per heavy atom. The highest BCUT2D eigenvalue weighted by Crippen LogP contribution is 2.29. The number of fused-ring (bicyclic) bond motifs is 1. The topological polar surface area (TPSA) is 55.4 Å². The summed E-state index contributed by atoms with van der Waals surface area (Å²) in [6.07, 6.45) is 2.13. The zero-order valence-corrected chi connectivity index (χ0v) is 16.6. The van der Waals surface area contributed by atoms with Crippen molar-refractivity contribution in [3.63, 3.8) is 0 Å². The molecule has 0 unspecified atom stereocenters. The normalized spacial score (nSPS) is 14.6. The number of hydrogen-bond acceptors (Lipinski definition) is 3. The lowest BCUT2D eigenvalue weighted by molar-refractivity contribution is 0.102. The van der Waals surface area contributed by atoms with Gasteiger partial charge < -0.3 is 10.1 Å². The largest absolute Gasteiger partial charge is 0.492 e. The van der Waals surface area contributed by atoms with Crippen LogP contribution in [0.1, 0.15) is 32.7 Å². The lowest BCUT2D eigenvalue weighted by Crippen LogP contribution is -2.12. The first-order valence-corrected chi connectivity index (χ1v) is 9.72. The van der Waals surface area contributed by atoms with E-state index in [0.717, 1.165) is 5.56 Å². The van der Waals surface area contributed by atoms with Crippen LogP contribution in [0.4, 0.5) is 10.1 Å². The fraction of sp³-hybridized carbons (Fsp3) is 0.0833. The second-order valence-electron chi connectivity index (χ2n) is 6.80. The number of benzene rings is 3. The molecule has 0 atom stereocenters. The van der Waals surface area contributed by atoms with Crippen molar-refractivity contribution in [1.29, 1.82) is 0 Å². The molecule has 4 nitrogen and oxygen atoms in total. The Hall–Kier alpha value is -3.44. The molecule has 3 aromatic rings. The van der Waals surface area contributed by atoms with Crippen molar-refractivity contribution in [3.05, 3.63) is 99.8 Å². The quantitative estimate of drug-likeness (QED) is 0.545. The molecule has 150 valence electrons. The number of halogens is 2. The monoisotopic (exact) mass is 421 g/mol. The summed E-state index contributed by atoms with van der Waals surface area (Å²) in [5.74, 6) is -0.706. The average molecular weight is 422 g/mol. The van der Waals surface area contributed by atoms with Crippen LogP contribution in [-0.4, -0.2) is 18.3 Å². The molecule has 1 aliphatic rings. The summed E-state index contributed by atoms with van der Waals surface area (Å²) in [5, 5.41) is 3.18. The minimum absolute atomic E-state index is 0.210. The van der Waals surface area contributed by atoms with E-state index in [-0.39, 0.29) is 17.3 Å². The number of ketones is 1.